The minimum absolute atomic E-state index is 0.00562. The number of carbonyl (C=O) groups is 1. The summed E-state index contributed by atoms with van der Waals surface area (Å²) in [6.45, 7) is 3.53. The Morgan fingerprint density at radius 2 is 2.00 bits per heavy atom. The van der Waals surface area contributed by atoms with Gasteiger partial charge in [-0.3, -0.25) is 19.9 Å². The number of allylic oxidation sites excluding steroid dienone is 2. The van der Waals surface area contributed by atoms with Gasteiger partial charge in [0.1, 0.15) is 0 Å². The van der Waals surface area contributed by atoms with Crippen molar-refractivity contribution in [3.05, 3.63) is 58.7 Å². The summed E-state index contributed by atoms with van der Waals surface area (Å²) in [6.07, 6.45) is 4.80. The zero-order chi connectivity index (χ0) is 12.7. The molecule has 0 bridgehead atoms. The molecule has 0 heterocycles. The third kappa shape index (κ3) is 3.49. The number of nitro benzene ring substituents is 1. The summed E-state index contributed by atoms with van der Waals surface area (Å²) in [5, 5.41) is 10.5. The zero-order valence-electron chi connectivity index (χ0n) is 8.95. The van der Waals surface area contributed by atoms with Crippen LogP contribution in [0.1, 0.15) is 5.56 Å². The number of rotatable bonds is 5. The van der Waals surface area contributed by atoms with E-state index in [2.05, 4.69) is 11.6 Å². The second-order valence-corrected chi connectivity index (χ2v) is 3.01. The van der Waals surface area contributed by atoms with Gasteiger partial charge < -0.3 is 0 Å². The molecule has 5 nitrogen and oxygen atoms in total. The van der Waals surface area contributed by atoms with E-state index in [4.69, 9.17) is 0 Å². The molecule has 0 radical (unpaired) electrons. The van der Waals surface area contributed by atoms with Gasteiger partial charge in [0.05, 0.1) is 16.8 Å². The third-order valence-electron chi connectivity index (χ3n) is 1.92. The van der Waals surface area contributed by atoms with E-state index in [9.17, 15) is 14.9 Å². The van der Waals surface area contributed by atoms with Crippen molar-refractivity contribution in [1.82, 2.24) is 0 Å². The van der Waals surface area contributed by atoms with E-state index in [0.717, 1.165) is 6.21 Å². The first kappa shape index (κ1) is 12.5. The number of non-ortho nitro benzene ring substituents is 1. The molecule has 0 aliphatic heterocycles. The minimum Gasteiger partial charge on any atom is -0.297 e. The number of hydrogen-bond acceptors (Lipinski definition) is 4. The molecule has 1 aromatic rings. The Labute approximate surface area is 98.0 Å². The van der Waals surface area contributed by atoms with E-state index in [1.165, 1.54) is 18.2 Å². The summed E-state index contributed by atoms with van der Waals surface area (Å²) in [6, 6.07) is 5.89. The van der Waals surface area contributed by atoms with Crippen molar-refractivity contribution in [2.75, 3.05) is 0 Å². The van der Waals surface area contributed by atoms with Gasteiger partial charge >= 0.3 is 0 Å². The fourth-order valence-electron chi connectivity index (χ4n) is 1.19. The number of hydrogen-bond donors (Lipinski definition) is 0. The first-order chi connectivity index (χ1) is 8.19. The molecule has 0 N–H and O–H groups in total. The molecule has 0 amide bonds. The fourth-order valence-corrected chi connectivity index (χ4v) is 1.19. The Bertz CT molecular complexity index is 487. The van der Waals surface area contributed by atoms with Crippen molar-refractivity contribution in [3.8, 4) is 0 Å². The molecule has 0 aromatic heterocycles. The monoisotopic (exact) mass is 230 g/mol. The molecule has 0 fully saturated rings. The lowest BCUT2D eigenvalue weighted by Gasteiger charge is -2.00. The molecular weight excluding hydrogens is 220 g/mol. The Balaban J connectivity index is 3.07. The number of benzene rings is 1. The first-order valence-electron chi connectivity index (χ1n) is 4.74. The van der Waals surface area contributed by atoms with E-state index >= 15 is 0 Å². The molecule has 0 saturated heterocycles. The minimum atomic E-state index is -0.477. The van der Waals surface area contributed by atoms with Gasteiger partial charge in [-0.25, -0.2) is 0 Å². The zero-order valence-corrected chi connectivity index (χ0v) is 8.95. The standard InChI is InChI=1S/C12H10N2O3/c1-2-3-12(13-8-9-15)10-4-6-11(7-5-10)14(16)17/h2-9H,1H2/b12-3-,13-8?. The lowest BCUT2D eigenvalue weighted by molar-refractivity contribution is -0.384. The van der Waals surface area contributed by atoms with Crippen molar-refractivity contribution >= 4 is 23.9 Å². The normalized spacial score (nSPS) is 11.4. The van der Waals surface area contributed by atoms with Crippen molar-refractivity contribution in [3.63, 3.8) is 0 Å². The Morgan fingerprint density at radius 3 is 2.47 bits per heavy atom. The SMILES string of the molecule is C=C/C=C(\N=CC=O)c1ccc([N+](=O)[O-])cc1. The molecule has 1 rings (SSSR count). The summed E-state index contributed by atoms with van der Waals surface area (Å²) in [7, 11) is 0. The smallest absolute Gasteiger partial charge is 0.269 e. The molecule has 0 atom stereocenters. The summed E-state index contributed by atoms with van der Waals surface area (Å²) in [5.74, 6) is 0. The van der Waals surface area contributed by atoms with Crippen LogP contribution in [0.25, 0.3) is 5.70 Å². The van der Waals surface area contributed by atoms with Gasteiger partial charge in [0.2, 0.25) is 0 Å². The van der Waals surface area contributed by atoms with Crippen molar-refractivity contribution in [2.24, 2.45) is 4.99 Å². The van der Waals surface area contributed by atoms with Crippen LogP contribution in [-0.4, -0.2) is 17.4 Å². The highest BCUT2D eigenvalue weighted by Gasteiger charge is 2.05. The second kappa shape index (κ2) is 6.12. The molecule has 5 heteroatoms. The van der Waals surface area contributed by atoms with E-state index in [-0.39, 0.29) is 5.69 Å². The topological polar surface area (TPSA) is 72.6 Å². The maximum Gasteiger partial charge on any atom is 0.269 e. The number of aldehydes is 1. The van der Waals surface area contributed by atoms with Gasteiger partial charge in [-0.15, -0.1) is 0 Å². The Hall–Kier alpha value is -2.56. The summed E-state index contributed by atoms with van der Waals surface area (Å²) in [4.78, 5) is 24.1. The van der Waals surface area contributed by atoms with Gasteiger partial charge in [0, 0.05) is 17.7 Å². The molecule has 0 unspecified atom stereocenters. The van der Waals surface area contributed by atoms with Crippen LogP contribution in [0.4, 0.5) is 5.69 Å². The summed E-state index contributed by atoms with van der Waals surface area (Å²) >= 11 is 0. The van der Waals surface area contributed by atoms with Gasteiger partial charge in [-0.2, -0.15) is 0 Å². The van der Waals surface area contributed by atoms with Crippen molar-refractivity contribution < 1.29 is 9.72 Å². The largest absolute Gasteiger partial charge is 0.297 e. The summed E-state index contributed by atoms with van der Waals surface area (Å²) < 4.78 is 0. The molecule has 17 heavy (non-hydrogen) atoms. The Morgan fingerprint density at radius 1 is 1.35 bits per heavy atom. The molecule has 0 saturated carbocycles. The average Bonchev–Trinajstić information content (AvgIpc) is 2.34. The number of aliphatic imine (C=N–C) groups is 1. The van der Waals surface area contributed by atoms with E-state index in [1.807, 2.05) is 0 Å². The van der Waals surface area contributed by atoms with Crippen LogP contribution in [-0.2, 0) is 4.79 Å². The van der Waals surface area contributed by atoms with Crippen LogP contribution in [0.15, 0.2) is 48.0 Å². The maximum absolute atomic E-state index is 10.5. The lowest BCUT2D eigenvalue weighted by atomic mass is 10.1. The van der Waals surface area contributed by atoms with Crippen LogP contribution in [0.2, 0.25) is 0 Å². The van der Waals surface area contributed by atoms with Gasteiger partial charge in [0.25, 0.3) is 5.69 Å². The summed E-state index contributed by atoms with van der Waals surface area (Å²) in [5.41, 5.74) is 1.20. The molecule has 86 valence electrons. The molecule has 0 aliphatic rings. The van der Waals surface area contributed by atoms with Gasteiger partial charge in [-0.05, 0) is 18.2 Å². The number of nitro groups is 1. The van der Waals surface area contributed by atoms with Crippen LogP contribution in [0.3, 0.4) is 0 Å². The molecule has 0 aliphatic carbocycles. The number of nitrogens with zero attached hydrogens (tertiary/aromatic N) is 2. The third-order valence-corrected chi connectivity index (χ3v) is 1.92. The van der Waals surface area contributed by atoms with E-state index in [0.29, 0.717) is 17.5 Å². The van der Waals surface area contributed by atoms with Crippen molar-refractivity contribution in [1.29, 1.82) is 0 Å². The predicted molar refractivity (Wildman–Crippen MR) is 65.8 cm³/mol. The van der Waals surface area contributed by atoms with Crippen molar-refractivity contribution in [2.45, 2.75) is 0 Å². The first-order valence-corrected chi connectivity index (χ1v) is 4.74. The van der Waals surface area contributed by atoms with Crippen LogP contribution < -0.4 is 0 Å². The lowest BCUT2D eigenvalue weighted by Crippen LogP contribution is -1.88. The molecule has 0 spiro atoms. The maximum atomic E-state index is 10.5. The van der Waals surface area contributed by atoms with Gasteiger partial charge in [0.15, 0.2) is 6.29 Å². The van der Waals surface area contributed by atoms with Crippen LogP contribution in [0, 0.1) is 10.1 Å². The fraction of sp³-hybridized carbons (Fsp3) is 0. The predicted octanol–water partition coefficient (Wildman–Crippen LogP) is 2.39. The molecular formula is C12H10N2O3. The second-order valence-electron chi connectivity index (χ2n) is 3.01. The molecule has 1 aromatic carbocycles. The average molecular weight is 230 g/mol. The highest BCUT2D eigenvalue weighted by atomic mass is 16.6. The van der Waals surface area contributed by atoms with Gasteiger partial charge in [-0.1, -0.05) is 12.7 Å². The number of carbonyl (C=O) groups excluding carboxylic acids is 1. The highest BCUT2D eigenvalue weighted by Crippen LogP contribution is 2.19. The quantitative estimate of drug-likeness (QED) is 0.256. The Kier molecular flexibility index (Phi) is 4.50. The highest BCUT2D eigenvalue weighted by molar-refractivity contribution is 6.14. The van der Waals surface area contributed by atoms with E-state index < -0.39 is 4.92 Å². The van der Waals surface area contributed by atoms with E-state index in [1.54, 1.807) is 18.2 Å². The van der Waals surface area contributed by atoms with Crippen LogP contribution >= 0.6 is 0 Å². The van der Waals surface area contributed by atoms with Crippen LogP contribution in [0.5, 0.6) is 0 Å².